The van der Waals surface area contributed by atoms with Crippen LogP contribution in [0.5, 0.6) is 11.5 Å². The SMILES string of the molecule is C=CCOc1cccc(C(=O)c2oc3ccc4c(c3c2-c2ccccc2)OC(=C)C=C4C)c1. The molecule has 0 fully saturated rings. The molecule has 33 heavy (non-hydrogen) atoms. The van der Waals surface area contributed by atoms with E-state index in [1.807, 2.05) is 61.5 Å². The smallest absolute Gasteiger partial charge is 0.229 e. The second-order valence-electron chi connectivity index (χ2n) is 7.84. The van der Waals surface area contributed by atoms with Crippen LogP contribution in [0, 0.1) is 0 Å². The molecular formula is C29H22O4. The highest BCUT2D eigenvalue weighted by molar-refractivity contribution is 6.17. The molecule has 0 unspecified atom stereocenters. The third-order valence-electron chi connectivity index (χ3n) is 5.58. The number of furan rings is 1. The summed E-state index contributed by atoms with van der Waals surface area (Å²) in [6.45, 7) is 10.0. The van der Waals surface area contributed by atoms with Gasteiger partial charge in [-0.25, -0.2) is 0 Å². The summed E-state index contributed by atoms with van der Waals surface area (Å²) < 4.78 is 17.9. The summed E-state index contributed by atoms with van der Waals surface area (Å²) in [6.07, 6.45) is 3.56. The number of carbonyl (C=O) groups is 1. The Labute approximate surface area is 192 Å². The van der Waals surface area contributed by atoms with Crippen LogP contribution in [0.3, 0.4) is 0 Å². The van der Waals surface area contributed by atoms with Crippen LogP contribution >= 0.6 is 0 Å². The van der Waals surface area contributed by atoms with Crippen molar-refractivity contribution in [3.63, 3.8) is 0 Å². The Morgan fingerprint density at radius 2 is 1.88 bits per heavy atom. The Morgan fingerprint density at radius 1 is 1.06 bits per heavy atom. The van der Waals surface area contributed by atoms with E-state index in [4.69, 9.17) is 13.9 Å². The molecule has 1 aliphatic heterocycles. The van der Waals surface area contributed by atoms with Crippen molar-refractivity contribution >= 4 is 22.3 Å². The number of hydrogen-bond donors (Lipinski definition) is 0. The summed E-state index contributed by atoms with van der Waals surface area (Å²) in [5.41, 5.74) is 4.62. The molecule has 4 heteroatoms. The quantitative estimate of drug-likeness (QED) is 0.238. The summed E-state index contributed by atoms with van der Waals surface area (Å²) >= 11 is 0. The molecule has 3 aromatic carbocycles. The van der Waals surface area contributed by atoms with Crippen LogP contribution in [0.2, 0.25) is 0 Å². The minimum Gasteiger partial charge on any atom is -0.490 e. The zero-order chi connectivity index (χ0) is 22.9. The van der Waals surface area contributed by atoms with Crippen molar-refractivity contribution in [1.82, 2.24) is 0 Å². The fraction of sp³-hybridized carbons (Fsp3) is 0.0690. The molecule has 2 heterocycles. The summed E-state index contributed by atoms with van der Waals surface area (Å²) in [5, 5.41) is 0.759. The molecule has 0 saturated carbocycles. The predicted octanol–water partition coefficient (Wildman–Crippen LogP) is 7.21. The van der Waals surface area contributed by atoms with E-state index in [0.717, 1.165) is 22.1 Å². The highest BCUT2D eigenvalue weighted by Gasteiger charge is 2.28. The monoisotopic (exact) mass is 434 g/mol. The van der Waals surface area contributed by atoms with Crippen molar-refractivity contribution in [2.75, 3.05) is 6.61 Å². The normalized spacial score (nSPS) is 12.6. The van der Waals surface area contributed by atoms with Crippen molar-refractivity contribution in [1.29, 1.82) is 0 Å². The lowest BCUT2D eigenvalue weighted by Crippen LogP contribution is -2.04. The summed E-state index contributed by atoms with van der Waals surface area (Å²) in [4.78, 5) is 13.7. The van der Waals surface area contributed by atoms with Gasteiger partial charge in [0.05, 0.1) is 5.39 Å². The highest BCUT2D eigenvalue weighted by atomic mass is 16.5. The Balaban J connectivity index is 1.74. The van der Waals surface area contributed by atoms with Gasteiger partial charge in [0, 0.05) is 16.7 Å². The first-order valence-electron chi connectivity index (χ1n) is 10.7. The van der Waals surface area contributed by atoms with Gasteiger partial charge < -0.3 is 13.9 Å². The number of allylic oxidation sites excluding steroid dienone is 2. The first-order valence-corrected chi connectivity index (χ1v) is 10.7. The second-order valence-corrected chi connectivity index (χ2v) is 7.84. The number of fused-ring (bicyclic) bond motifs is 3. The van der Waals surface area contributed by atoms with Crippen molar-refractivity contribution in [3.8, 4) is 22.6 Å². The lowest BCUT2D eigenvalue weighted by atomic mass is 9.94. The van der Waals surface area contributed by atoms with E-state index < -0.39 is 0 Å². The van der Waals surface area contributed by atoms with Crippen LogP contribution in [0.25, 0.3) is 27.7 Å². The van der Waals surface area contributed by atoms with Crippen LogP contribution in [-0.2, 0) is 0 Å². The molecule has 0 bridgehead atoms. The number of hydrogen-bond acceptors (Lipinski definition) is 4. The van der Waals surface area contributed by atoms with Crippen LogP contribution in [0.1, 0.15) is 28.6 Å². The number of ketones is 1. The topological polar surface area (TPSA) is 48.7 Å². The number of rotatable bonds is 6. The maximum Gasteiger partial charge on any atom is 0.229 e. The van der Waals surface area contributed by atoms with Crippen molar-refractivity contribution < 1.29 is 18.7 Å². The van der Waals surface area contributed by atoms with E-state index in [1.54, 1.807) is 24.3 Å². The molecule has 0 amide bonds. The number of ether oxygens (including phenoxy) is 2. The maximum atomic E-state index is 13.7. The van der Waals surface area contributed by atoms with E-state index in [9.17, 15) is 4.79 Å². The molecule has 0 aliphatic carbocycles. The standard InChI is InChI=1S/C29H22O4/c1-4-15-31-22-12-8-11-21(17-22)27(30)29-25(20-9-6-5-7-10-20)26-24(33-29)14-13-23-18(2)16-19(3)32-28(23)26/h4-14,16-17H,1,3,15H2,2H3. The van der Waals surface area contributed by atoms with Crippen LogP contribution in [0.15, 0.2) is 102 Å². The van der Waals surface area contributed by atoms with Gasteiger partial charge >= 0.3 is 0 Å². The summed E-state index contributed by atoms with van der Waals surface area (Å²) in [5.74, 6) is 1.82. The number of benzene rings is 3. The lowest BCUT2D eigenvalue weighted by molar-refractivity contribution is 0.101. The minimum atomic E-state index is -0.232. The average Bonchev–Trinajstić information content (AvgIpc) is 3.23. The Hall–Kier alpha value is -4.31. The van der Waals surface area contributed by atoms with Gasteiger partial charge in [-0.2, -0.15) is 0 Å². The minimum absolute atomic E-state index is 0.232. The Kier molecular flexibility index (Phi) is 5.19. The number of carbonyl (C=O) groups excluding carboxylic acids is 1. The van der Waals surface area contributed by atoms with Crippen molar-refractivity contribution in [2.24, 2.45) is 0 Å². The van der Waals surface area contributed by atoms with E-state index in [1.165, 1.54) is 0 Å². The lowest BCUT2D eigenvalue weighted by Gasteiger charge is -2.18. The first kappa shape index (κ1) is 20.6. The fourth-order valence-corrected chi connectivity index (χ4v) is 4.11. The third kappa shape index (κ3) is 3.66. The molecule has 162 valence electrons. The molecule has 0 atom stereocenters. The molecule has 1 aromatic heterocycles. The van der Waals surface area contributed by atoms with Crippen LogP contribution in [-0.4, -0.2) is 12.4 Å². The Morgan fingerprint density at radius 3 is 2.67 bits per heavy atom. The summed E-state index contributed by atoms with van der Waals surface area (Å²) in [6, 6.07) is 20.6. The fourth-order valence-electron chi connectivity index (χ4n) is 4.11. The van der Waals surface area contributed by atoms with Gasteiger partial charge in [0.15, 0.2) is 5.76 Å². The molecule has 0 saturated heterocycles. The molecule has 0 radical (unpaired) electrons. The van der Waals surface area contributed by atoms with Gasteiger partial charge in [0.25, 0.3) is 0 Å². The zero-order valence-electron chi connectivity index (χ0n) is 18.3. The van der Waals surface area contributed by atoms with Gasteiger partial charge in [-0.05, 0) is 48.4 Å². The van der Waals surface area contributed by atoms with Crippen molar-refractivity contribution in [3.05, 3.63) is 115 Å². The molecule has 5 rings (SSSR count). The summed E-state index contributed by atoms with van der Waals surface area (Å²) in [7, 11) is 0. The molecule has 0 spiro atoms. The van der Waals surface area contributed by atoms with Crippen LogP contribution in [0.4, 0.5) is 0 Å². The molecule has 1 aliphatic rings. The van der Waals surface area contributed by atoms with Gasteiger partial charge in [0.1, 0.15) is 29.4 Å². The van der Waals surface area contributed by atoms with Gasteiger partial charge in [0.2, 0.25) is 5.78 Å². The van der Waals surface area contributed by atoms with E-state index in [0.29, 0.717) is 40.6 Å². The molecular weight excluding hydrogens is 412 g/mol. The van der Waals surface area contributed by atoms with Gasteiger partial charge in [-0.1, -0.05) is 61.7 Å². The maximum absolute atomic E-state index is 13.7. The molecule has 4 aromatic rings. The van der Waals surface area contributed by atoms with E-state index in [-0.39, 0.29) is 11.5 Å². The predicted molar refractivity (Wildman–Crippen MR) is 131 cm³/mol. The molecule has 0 N–H and O–H groups in total. The van der Waals surface area contributed by atoms with Crippen LogP contribution < -0.4 is 9.47 Å². The van der Waals surface area contributed by atoms with Gasteiger partial charge in [-0.15, -0.1) is 0 Å². The average molecular weight is 434 g/mol. The zero-order valence-corrected chi connectivity index (χ0v) is 18.3. The largest absolute Gasteiger partial charge is 0.490 e. The van der Waals surface area contributed by atoms with Crippen molar-refractivity contribution in [2.45, 2.75) is 6.92 Å². The Bertz CT molecular complexity index is 1440. The van der Waals surface area contributed by atoms with E-state index in [2.05, 4.69) is 13.2 Å². The first-order chi connectivity index (χ1) is 16.1. The van der Waals surface area contributed by atoms with E-state index >= 15 is 0 Å². The third-order valence-corrected chi connectivity index (χ3v) is 5.58. The highest BCUT2D eigenvalue weighted by Crippen LogP contribution is 2.46. The second kappa shape index (κ2) is 8.32. The molecule has 4 nitrogen and oxygen atoms in total. The van der Waals surface area contributed by atoms with Gasteiger partial charge in [-0.3, -0.25) is 4.79 Å².